The van der Waals surface area contributed by atoms with E-state index in [-0.39, 0.29) is 24.5 Å². The van der Waals surface area contributed by atoms with Crippen LogP contribution < -0.4 is 5.32 Å². The number of piperidine rings is 1. The molecule has 2 fully saturated rings. The molecule has 2 rings (SSSR count). The molecule has 2 heterocycles. The zero-order valence-electron chi connectivity index (χ0n) is 9.98. The van der Waals surface area contributed by atoms with Crippen LogP contribution >= 0.6 is 0 Å². The lowest BCUT2D eigenvalue weighted by Gasteiger charge is -2.27. The van der Waals surface area contributed by atoms with Gasteiger partial charge in [0.2, 0.25) is 5.91 Å². The topological polar surface area (TPSA) is 52.6 Å². The molecular formula is C12H22N2O2. The van der Waals surface area contributed by atoms with Crippen molar-refractivity contribution in [3.63, 3.8) is 0 Å². The second-order valence-electron chi connectivity index (χ2n) is 5.17. The van der Waals surface area contributed by atoms with Gasteiger partial charge in [0.1, 0.15) is 0 Å². The standard InChI is InChI=1S/C12H22N2O2/c1-9-6-14(7-10(9)8-15)12(16)11-4-2-3-5-13-11/h9-11,13,15H,2-8H2,1H3. The summed E-state index contributed by atoms with van der Waals surface area (Å²) in [5.74, 6) is 0.938. The smallest absolute Gasteiger partial charge is 0.239 e. The summed E-state index contributed by atoms with van der Waals surface area (Å²) in [6.45, 7) is 4.81. The van der Waals surface area contributed by atoms with Crippen molar-refractivity contribution in [2.75, 3.05) is 26.2 Å². The summed E-state index contributed by atoms with van der Waals surface area (Å²) in [7, 11) is 0. The Morgan fingerprint density at radius 1 is 1.44 bits per heavy atom. The third-order valence-electron chi connectivity index (χ3n) is 3.92. The lowest BCUT2D eigenvalue weighted by Crippen LogP contribution is -2.48. The molecular weight excluding hydrogens is 204 g/mol. The number of carbonyl (C=O) groups excluding carboxylic acids is 1. The van der Waals surface area contributed by atoms with E-state index >= 15 is 0 Å². The third kappa shape index (κ3) is 2.38. The summed E-state index contributed by atoms with van der Waals surface area (Å²) in [5.41, 5.74) is 0. The first-order chi connectivity index (χ1) is 7.72. The highest BCUT2D eigenvalue weighted by Gasteiger charge is 2.34. The number of hydrogen-bond acceptors (Lipinski definition) is 3. The lowest BCUT2D eigenvalue weighted by atomic mass is 10.00. The molecule has 2 aliphatic heterocycles. The lowest BCUT2D eigenvalue weighted by molar-refractivity contribution is -0.133. The average molecular weight is 226 g/mol. The molecule has 0 saturated carbocycles. The highest BCUT2D eigenvalue weighted by molar-refractivity contribution is 5.82. The van der Waals surface area contributed by atoms with E-state index in [1.54, 1.807) is 0 Å². The summed E-state index contributed by atoms with van der Waals surface area (Å²) in [5, 5.41) is 12.5. The number of nitrogens with one attached hydrogen (secondary N) is 1. The first kappa shape index (κ1) is 11.9. The van der Waals surface area contributed by atoms with Gasteiger partial charge in [-0.2, -0.15) is 0 Å². The third-order valence-corrected chi connectivity index (χ3v) is 3.92. The molecule has 3 atom stereocenters. The molecule has 0 spiro atoms. The Morgan fingerprint density at radius 3 is 2.81 bits per heavy atom. The zero-order chi connectivity index (χ0) is 11.5. The van der Waals surface area contributed by atoms with Crippen molar-refractivity contribution in [2.45, 2.75) is 32.2 Å². The fraction of sp³-hybridized carbons (Fsp3) is 0.917. The second kappa shape index (κ2) is 5.15. The minimum atomic E-state index is 0.0263. The Kier molecular flexibility index (Phi) is 3.82. The van der Waals surface area contributed by atoms with Crippen LogP contribution in [0.5, 0.6) is 0 Å². The van der Waals surface area contributed by atoms with Gasteiger partial charge in [-0.25, -0.2) is 0 Å². The molecule has 0 bridgehead atoms. The molecule has 2 saturated heterocycles. The molecule has 0 aromatic rings. The molecule has 2 N–H and O–H groups in total. The largest absolute Gasteiger partial charge is 0.396 e. The van der Waals surface area contributed by atoms with Crippen molar-refractivity contribution in [1.82, 2.24) is 10.2 Å². The van der Waals surface area contributed by atoms with Crippen LogP contribution in [0.4, 0.5) is 0 Å². The van der Waals surface area contributed by atoms with Crippen LogP contribution in [0.1, 0.15) is 26.2 Å². The fourth-order valence-electron chi connectivity index (χ4n) is 2.73. The summed E-state index contributed by atoms with van der Waals surface area (Å²) in [4.78, 5) is 14.1. The van der Waals surface area contributed by atoms with Gasteiger partial charge in [-0.15, -0.1) is 0 Å². The normalized spacial score (nSPS) is 35.4. The van der Waals surface area contributed by atoms with Crippen molar-refractivity contribution in [2.24, 2.45) is 11.8 Å². The molecule has 1 amide bonds. The van der Waals surface area contributed by atoms with E-state index in [4.69, 9.17) is 0 Å². The number of aliphatic hydroxyl groups excluding tert-OH is 1. The molecule has 0 aromatic carbocycles. The Morgan fingerprint density at radius 2 is 2.25 bits per heavy atom. The van der Waals surface area contributed by atoms with Crippen molar-refractivity contribution in [3.05, 3.63) is 0 Å². The number of aliphatic hydroxyl groups is 1. The maximum absolute atomic E-state index is 12.2. The monoisotopic (exact) mass is 226 g/mol. The highest BCUT2D eigenvalue weighted by Crippen LogP contribution is 2.23. The van der Waals surface area contributed by atoms with Gasteiger partial charge < -0.3 is 15.3 Å². The summed E-state index contributed by atoms with van der Waals surface area (Å²) in [6.07, 6.45) is 3.29. The molecule has 4 heteroatoms. The van der Waals surface area contributed by atoms with E-state index < -0.39 is 0 Å². The predicted molar refractivity (Wildman–Crippen MR) is 62.0 cm³/mol. The number of carbonyl (C=O) groups is 1. The van der Waals surface area contributed by atoms with E-state index in [0.29, 0.717) is 5.92 Å². The summed E-state index contributed by atoms with van der Waals surface area (Å²) in [6, 6.07) is 0.0263. The van der Waals surface area contributed by atoms with Crippen LogP contribution in [-0.4, -0.2) is 48.2 Å². The molecule has 3 unspecified atom stereocenters. The number of amides is 1. The van der Waals surface area contributed by atoms with Crippen molar-refractivity contribution in [3.8, 4) is 0 Å². The van der Waals surface area contributed by atoms with Crippen LogP contribution in [0.2, 0.25) is 0 Å². The number of nitrogens with zero attached hydrogens (tertiary/aromatic N) is 1. The molecule has 0 aliphatic carbocycles. The zero-order valence-corrected chi connectivity index (χ0v) is 9.98. The van der Waals surface area contributed by atoms with Gasteiger partial charge in [-0.05, 0) is 25.3 Å². The fourth-order valence-corrected chi connectivity index (χ4v) is 2.73. The van der Waals surface area contributed by atoms with E-state index in [1.807, 2.05) is 4.90 Å². The van der Waals surface area contributed by atoms with Gasteiger partial charge >= 0.3 is 0 Å². The first-order valence-electron chi connectivity index (χ1n) is 6.35. The van der Waals surface area contributed by atoms with Crippen molar-refractivity contribution >= 4 is 5.91 Å². The van der Waals surface area contributed by atoms with Gasteiger partial charge in [-0.3, -0.25) is 4.79 Å². The predicted octanol–water partition coefficient (Wildman–Crippen LogP) is 0.215. The second-order valence-corrected chi connectivity index (χ2v) is 5.17. The minimum Gasteiger partial charge on any atom is -0.396 e. The van der Waals surface area contributed by atoms with Gasteiger partial charge in [0.15, 0.2) is 0 Å². The molecule has 2 aliphatic rings. The van der Waals surface area contributed by atoms with E-state index in [2.05, 4.69) is 12.2 Å². The average Bonchev–Trinajstić information content (AvgIpc) is 2.71. The SMILES string of the molecule is CC1CN(C(=O)C2CCCCN2)CC1CO. The number of hydrogen-bond donors (Lipinski definition) is 2. The van der Waals surface area contributed by atoms with Gasteiger partial charge in [0.05, 0.1) is 6.04 Å². The molecule has 16 heavy (non-hydrogen) atoms. The number of likely N-dealkylation sites (tertiary alicyclic amines) is 1. The Balaban J connectivity index is 1.90. The van der Waals surface area contributed by atoms with E-state index in [9.17, 15) is 9.90 Å². The highest BCUT2D eigenvalue weighted by atomic mass is 16.3. The molecule has 0 aromatic heterocycles. The van der Waals surface area contributed by atoms with Gasteiger partial charge in [0, 0.05) is 25.6 Å². The quantitative estimate of drug-likeness (QED) is 0.708. The molecule has 92 valence electrons. The number of rotatable bonds is 2. The van der Waals surface area contributed by atoms with Gasteiger partial charge in [-0.1, -0.05) is 13.3 Å². The van der Waals surface area contributed by atoms with Crippen LogP contribution in [0, 0.1) is 11.8 Å². The van der Waals surface area contributed by atoms with Crippen molar-refractivity contribution in [1.29, 1.82) is 0 Å². The van der Waals surface area contributed by atoms with Crippen molar-refractivity contribution < 1.29 is 9.90 Å². The Labute approximate surface area is 97.0 Å². The Bertz CT molecular complexity index is 251. The summed E-state index contributed by atoms with van der Waals surface area (Å²) < 4.78 is 0. The van der Waals surface area contributed by atoms with Crippen LogP contribution in [0.3, 0.4) is 0 Å². The Hall–Kier alpha value is -0.610. The first-order valence-corrected chi connectivity index (χ1v) is 6.35. The summed E-state index contributed by atoms with van der Waals surface area (Å²) >= 11 is 0. The van der Waals surface area contributed by atoms with E-state index in [1.165, 1.54) is 6.42 Å². The molecule has 0 radical (unpaired) electrons. The maximum Gasteiger partial charge on any atom is 0.239 e. The van der Waals surface area contributed by atoms with Crippen LogP contribution in [0.15, 0.2) is 0 Å². The maximum atomic E-state index is 12.2. The minimum absolute atomic E-state index is 0.0263. The van der Waals surface area contributed by atoms with Crippen LogP contribution in [0.25, 0.3) is 0 Å². The van der Waals surface area contributed by atoms with Crippen LogP contribution in [-0.2, 0) is 4.79 Å². The van der Waals surface area contributed by atoms with Gasteiger partial charge in [0.25, 0.3) is 0 Å². The molecule has 4 nitrogen and oxygen atoms in total. The van der Waals surface area contributed by atoms with E-state index in [0.717, 1.165) is 32.5 Å².